The number of carbonyl (C=O) groups is 1. The number of halogens is 1. The average Bonchev–Trinajstić information content (AvgIpc) is 3.14. The number of thioether (sulfide) groups is 1. The van der Waals surface area contributed by atoms with Crippen LogP contribution in [0.1, 0.15) is 10.4 Å². The Balaban J connectivity index is 1.49. The van der Waals surface area contributed by atoms with Gasteiger partial charge in [-0.05, 0) is 46.8 Å². The van der Waals surface area contributed by atoms with E-state index in [1.54, 1.807) is 28.9 Å². The lowest BCUT2D eigenvalue weighted by molar-refractivity contribution is 0.0556. The van der Waals surface area contributed by atoms with E-state index < -0.39 is 0 Å². The lowest BCUT2D eigenvalue weighted by Crippen LogP contribution is -2.04. The smallest absolute Gasteiger partial charge is 0.339 e. The van der Waals surface area contributed by atoms with Crippen LogP contribution in [-0.4, -0.2) is 38.5 Å². The summed E-state index contributed by atoms with van der Waals surface area (Å²) >= 11 is 4.81. The third-order valence-corrected chi connectivity index (χ3v) is 4.53. The molecule has 2 aromatic carbocycles. The lowest BCUT2D eigenvalue weighted by atomic mass is 10.2. The van der Waals surface area contributed by atoms with Gasteiger partial charge >= 0.3 is 5.97 Å². The first-order valence-electron chi connectivity index (χ1n) is 7.59. The van der Waals surface area contributed by atoms with Gasteiger partial charge in [0.1, 0.15) is 0 Å². The van der Waals surface area contributed by atoms with Gasteiger partial charge in [-0.2, -0.15) is 4.68 Å². The summed E-state index contributed by atoms with van der Waals surface area (Å²) < 4.78 is 7.73. The molecule has 0 aliphatic rings. The molecule has 0 unspecified atom stereocenters. The lowest BCUT2D eigenvalue weighted by Gasteiger charge is -2.02. The number of ether oxygens (including phenoxy) is 1. The fourth-order valence-electron chi connectivity index (χ4n) is 1.98. The van der Waals surface area contributed by atoms with E-state index >= 15 is 0 Å². The highest BCUT2D eigenvalue weighted by molar-refractivity contribution is 9.10. The molecule has 0 N–H and O–H groups in total. The minimum absolute atomic E-state index is 0.0476. The first-order chi connectivity index (χ1) is 12.7. The van der Waals surface area contributed by atoms with Crippen molar-refractivity contribution in [2.24, 2.45) is 0 Å². The van der Waals surface area contributed by atoms with Crippen molar-refractivity contribution in [1.29, 1.82) is 0 Å². The van der Waals surface area contributed by atoms with E-state index in [0.29, 0.717) is 16.5 Å². The van der Waals surface area contributed by atoms with Gasteiger partial charge in [0.05, 0.1) is 17.0 Å². The van der Waals surface area contributed by atoms with Gasteiger partial charge in [0.2, 0.25) is 5.16 Å². The van der Waals surface area contributed by atoms with Crippen LogP contribution < -0.4 is 0 Å². The summed E-state index contributed by atoms with van der Waals surface area (Å²) in [7, 11) is 0. The van der Waals surface area contributed by atoms with Crippen molar-refractivity contribution in [2.45, 2.75) is 5.16 Å². The van der Waals surface area contributed by atoms with Gasteiger partial charge in [0.15, 0.2) is 6.61 Å². The highest BCUT2D eigenvalue weighted by Gasteiger charge is 2.08. The van der Waals surface area contributed by atoms with Gasteiger partial charge in [-0.25, -0.2) is 4.79 Å². The van der Waals surface area contributed by atoms with E-state index in [4.69, 9.17) is 4.74 Å². The molecule has 0 amide bonds. The molecule has 3 rings (SSSR count). The quantitative estimate of drug-likeness (QED) is 0.352. The molecule has 6 nitrogen and oxygen atoms in total. The summed E-state index contributed by atoms with van der Waals surface area (Å²) in [4.78, 5) is 11.8. The molecule has 0 aliphatic carbocycles. The molecule has 0 saturated carbocycles. The molecular weight excluding hydrogens is 416 g/mol. The monoisotopic (exact) mass is 428 g/mol. The summed E-state index contributed by atoms with van der Waals surface area (Å²) in [6, 6.07) is 16.5. The van der Waals surface area contributed by atoms with Crippen LogP contribution in [0.2, 0.25) is 0 Å². The van der Waals surface area contributed by atoms with Crippen molar-refractivity contribution in [2.75, 3.05) is 12.4 Å². The predicted octanol–water partition coefficient (Wildman–Crippen LogP) is 3.38. The summed E-state index contributed by atoms with van der Waals surface area (Å²) in [5.41, 5.74) is 1.38. The maximum Gasteiger partial charge on any atom is 0.339 e. The number of aromatic nitrogens is 4. The van der Waals surface area contributed by atoms with E-state index in [1.165, 1.54) is 11.8 Å². The Hall–Kier alpha value is -2.63. The van der Waals surface area contributed by atoms with E-state index in [0.717, 1.165) is 10.2 Å². The highest BCUT2D eigenvalue weighted by Crippen LogP contribution is 2.19. The number of carbonyl (C=O) groups excluding carboxylic acids is 1. The van der Waals surface area contributed by atoms with Crippen LogP contribution in [0, 0.1) is 11.8 Å². The summed E-state index contributed by atoms with van der Waals surface area (Å²) in [5.74, 6) is 5.86. The SMILES string of the molecule is O=C(OCC#CCSc1nnnn1-c1ccc(Br)cc1)c1ccccc1. The van der Waals surface area contributed by atoms with Crippen molar-refractivity contribution in [3.8, 4) is 17.5 Å². The third kappa shape index (κ3) is 4.94. The Labute approximate surface area is 163 Å². The Morgan fingerprint density at radius 1 is 1.12 bits per heavy atom. The second-order valence-electron chi connectivity index (χ2n) is 4.93. The highest BCUT2D eigenvalue weighted by atomic mass is 79.9. The Morgan fingerprint density at radius 2 is 1.88 bits per heavy atom. The third-order valence-electron chi connectivity index (χ3n) is 3.20. The second kappa shape index (κ2) is 9.17. The first kappa shape index (κ1) is 18.2. The van der Waals surface area contributed by atoms with Crippen LogP contribution in [0.15, 0.2) is 64.2 Å². The van der Waals surface area contributed by atoms with E-state index in [1.807, 2.05) is 30.3 Å². The van der Waals surface area contributed by atoms with Crippen LogP contribution in [-0.2, 0) is 4.74 Å². The summed E-state index contributed by atoms with van der Waals surface area (Å²) in [6.45, 7) is 0.0476. The second-order valence-corrected chi connectivity index (χ2v) is 6.79. The zero-order chi connectivity index (χ0) is 18.2. The van der Waals surface area contributed by atoms with Gasteiger partial charge in [0.25, 0.3) is 0 Å². The number of benzene rings is 2. The molecule has 8 heteroatoms. The minimum atomic E-state index is -0.383. The van der Waals surface area contributed by atoms with Crippen molar-refractivity contribution in [1.82, 2.24) is 20.2 Å². The van der Waals surface area contributed by atoms with Gasteiger partial charge < -0.3 is 4.74 Å². The minimum Gasteiger partial charge on any atom is -0.449 e. The van der Waals surface area contributed by atoms with Crippen LogP contribution >= 0.6 is 27.7 Å². The Kier molecular flexibility index (Phi) is 6.41. The maximum atomic E-state index is 11.8. The first-order valence-corrected chi connectivity index (χ1v) is 9.37. The van der Waals surface area contributed by atoms with Crippen molar-refractivity contribution in [3.63, 3.8) is 0 Å². The molecule has 0 aliphatic heterocycles. The van der Waals surface area contributed by atoms with Crippen LogP contribution in [0.4, 0.5) is 0 Å². The molecule has 0 atom stereocenters. The average molecular weight is 429 g/mol. The van der Waals surface area contributed by atoms with E-state index in [-0.39, 0.29) is 12.6 Å². The molecular formula is C18H13BrN4O2S. The number of rotatable bonds is 5. The molecule has 1 heterocycles. The van der Waals surface area contributed by atoms with Crippen LogP contribution in [0.5, 0.6) is 0 Å². The Bertz CT molecular complexity index is 933. The fourth-order valence-corrected chi connectivity index (χ4v) is 2.90. The van der Waals surface area contributed by atoms with Gasteiger partial charge in [0, 0.05) is 4.47 Å². The van der Waals surface area contributed by atoms with E-state index in [2.05, 4.69) is 43.3 Å². The predicted molar refractivity (Wildman–Crippen MR) is 102 cm³/mol. The zero-order valence-corrected chi connectivity index (χ0v) is 15.9. The summed E-state index contributed by atoms with van der Waals surface area (Å²) in [6.07, 6.45) is 0. The molecule has 0 bridgehead atoms. The van der Waals surface area contributed by atoms with Crippen LogP contribution in [0.3, 0.4) is 0 Å². The number of hydrogen-bond donors (Lipinski definition) is 0. The van der Waals surface area contributed by atoms with Gasteiger partial charge in [-0.1, -0.05) is 57.7 Å². The molecule has 0 fully saturated rings. The van der Waals surface area contributed by atoms with Gasteiger partial charge in [-0.3, -0.25) is 0 Å². The van der Waals surface area contributed by atoms with Gasteiger partial charge in [-0.15, -0.1) is 5.10 Å². The number of esters is 1. The number of tetrazole rings is 1. The molecule has 3 aromatic rings. The molecule has 1 aromatic heterocycles. The number of nitrogens with zero attached hydrogens (tertiary/aromatic N) is 4. The van der Waals surface area contributed by atoms with E-state index in [9.17, 15) is 4.79 Å². The van der Waals surface area contributed by atoms with Crippen molar-refractivity contribution in [3.05, 3.63) is 64.6 Å². The van der Waals surface area contributed by atoms with Crippen molar-refractivity contribution < 1.29 is 9.53 Å². The molecule has 0 saturated heterocycles. The Morgan fingerprint density at radius 3 is 2.65 bits per heavy atom. The zero-order valence-electron chi connectivity index (χ0n) is 13.5. The molecule has 26 heavy (non-hydrogen) atoms. The molecule has 0 radical (unpaired) electrons. The molecule has 0 spiro atoms. The normalized spacial score (nSPS) is 10.0. The molecule has 130 valence electrons. The summed E-state index contributed by atoms with van der Waals surface area (Å²) in [5, 5.41) is 12.3. The van der Waals surface area contributed by atoms with Crippen molar-refractivity contribution >= 4 is 33.7 Å². The number of hydrogen-bond acceptors (Lipinski definition) is 6. The fraction of sp³-hybridized carbons (Fsp3) is 0.111. The largest absolute Gasteiger partial charge is 0.449 e. The maximum absolute atomic E-state index is 11.8. The topological polar surface area (TPSA) is 69.9 Å². The van der Waals surface area contributed by atoms with Crippen LogP contribution in [0.25, 0.3) is 5.69 Å². The standard InChI is InChI=1S/C18H13BrN4O2S/c19-15-8-10-16(11-9-15)23-18(20-21-22-23)26-13-5-4-12-25-17(24)14-6-2-1-3-7-14/h1-3,6-11H,12-13H2.